The molecule has 0 amide bonds. The van der Waals surface area contributed by atoms with Crippen molar-refractivity contribution in [2.45, 2.75) is 38.5 Å². The van der Waals surface area contributed by atoms with Crippen LogP contribution in [0.25, 0.3) is 0 Å². The Morgan fingerprint density at radius 3 is 1.09 bits per heavy atom. The first-order valence-corrected chi connectivity index (χ1v) is 11.5. The van der Waals surface area contributed by atoms with Crippen LogP contribution in [0.4, 0.5) is 4.79 Å². The molecule has 0 aliphatic rings. The van der Waals surface area contributed by atoms with Crippen LogP contribution >= 0.6 is 0 Å². The number of ether oxygens (including phenoxy) is 2. The van der Waals surface area contributed by atoms with E-state index in [1.54, 1.807) is 24.3 Å². The molecule has 0 radical (unpaired) electrons. The topological polar surface area (TPSA) is 35.5 Å². The summed E-state index contributed by atoms with van der Waals surface area (Å²) < 4.78 is 10.8. The molecule has 4 aromatic carbocycles. The summed E-state index contributed by atoms with van der Waals surface area (Å²) in [6.45, 7) is 8.70. The predicted octanol–water partition coefficient (Wildman–Crippen LogP) is 7.92. The first-order chi connectivity index (χ1) is 16.3. The van der Waals surface area contributed by atoms with Crippen molar-refractivity contribution in [3.05, 3.63) is 131 Å². The molecular weight excluding hydrogens is 420 g/mol. The molecule has 0 heterocycles. The van der Waals surface area contributed by atoms with Crippen LogP contribution < -0.4 is 9.47 Å². The summed E-state index contributed by atoms with van der Waals surface area (Å²) in [6, 6.07) is 35.8. The second-order valence-corrected chi connectivity index (χ2v) is 9.48. The molecule has 4 rings (SSSR count). The summed E-state index contributed by atoms with van der Waals surface area (Å²) >= 11 is 0. The minimum atomic E-state index is -0.759. The van der Waals surface area contributed by atoms with E-state index in [0.29, 0.717) is 11.5 Å². The monoisotopic (exact) mass is 450 g/mol. The fraction of sp³-hybridized carbons (Fsp3) is 0.194. The van der Waals surface area contributed by atoms with Gasteiger partial charge < -0.3 is 9.47 Å². The second-order valence-electron chi connectivity index (χ2n) is 9.48. The summed E-state index contributed by atoms with van der Waals surface area (Å²) in [4.78, 5) is 12.3. The van der Waals surface area contributed by atoms with E-state index in [2.05, 4.69) is 52.0 Å². The van der Waals surface area contributed by atoms with Crippen LogP contribution in [0.5, 0.6) is 11.5 Å². The molecule has 34 heavy (non-hydrogen) atoms. The molecule has 0 N–H and O–H groups in total. The normalized spacial score (nSPS) is 11.6. The van der Waals surface area contributed by atoms with Crippen LogP contribution in [0.2, 0.25) is 0 Å². The molecule has 0 bridgehead atoms. The van der Waals surface area contributed by atoms with Gasteiger partial charge in [0.25, 0.3) is 0 Å². The van der Waals surface area contributed by atoms with Crippen molar-refractivity contribution in [2.24, 2.45) is 0 Å². The fourth-order valence-electron chi connectivity index (χ4n) is 4.14. The van der Waals surface area contributed by atoms with Crippen molar-refractivity contribution in [3.8, 4) is 11.5 Å². The first kappa shape index (κ1) is 23.3. The Morgan fingerprint density at radius 2 is 0.765 bits per heavy atom. The minimum Gasteiger partial charge on any atom is -0.395 e. The van der Waals surface area contributed by atoms with Crippen molar-refractivity contribution >= 4 is 6.16 Å². The standard InChI is InChI=1S/C31H30O3/c1-30(2,23-11-7-5-8-12-23)25-15-19-27(20-16-25)33-29(32)34-28-21-17-26(18-22-28)31(3,4)24-13-9-6-10-14-24/h5-22H,1-4H3. The van der Waals surface area contributed by atoms with Gasteiger partial charge in [-0.05, 0) is 46.5 Å². The van der Waals surface area contributed by atoms with Crippen LogP contribution in [0.15, 0.2) is 109 Å². The number of hydrogen-bond donors (Lipinski definition) is 0. The number of carbonyl (C=O) groups is 1. The summed E-state index contributed by atoms with van der Waals surface area (Å²) in [5.41, 5.74) is 4.40. The maximum atomic E-state index is 12.3. The van der Waals surface area contributed by atoms with Gasteiger partial charge in [-0.25, -0.2) is 4.79 Å². The summed E-state index contributed by atoms with van der Waals surface area (Å²) in [6.07, 6.45) is -0.759. The van der Waals surface area contributed by atoms with Gasteiger partial charge in [0.05, 0.1) is 0 Å². The minimum absolute atomic E-state index is 0.157. The highest BCUT2D eigenvalue weighted by Crippen LogP contribution is 2.33. The van der Waals surface area contributed by atoms with Gasteiger partial charge in [0.2, 0.25) is 0 Å². The Kier molecular flexibility index (Phi) is 6.56. The number of rotatable bonds is 6. The second kappa shape index (κ2) is 9.56. The van der Waals surface area contributed by atoms with Gasteiger partial charge in [-0.1, -0.05) is 113 Å². The van der Waals surface area contributed by atoms with Crippen LogP contribution in [-0.2, 0) is 10.8 Å². The molecule has 0 aromatic heterocycles. The number of hydrogen-bond acceptors (Lipinski definition) is 3. The lowest BCUT2D eigenvalue weighted by Gasteiger charge is -2.26. The first-order valence-electron chi connectivity index (χ1n) is 11.5. The van der Waals surface area contributed by atoms with E-state index in [1.165, 1.54) is 11.1 Å². The van der Waals surface area contributed by atoms with E-state index in [-0.39, 0.29) is 10.8 Å². The third-order valence-electron chi connectivity index (χ3n) is 6.55. The van der Waals surface area contributed by atoms with E-state index in [0.717, 1.165) is 11.1 Å². The van der Waals surface area contributed by atoms with Gasteiger partial charge in [-0.15, -0.1) is 0 Å². The smallest absolute Gasteiger partial charge is 0.395 e. The predicted molar refractivity (Wildman–Crippen MR) is 137 cm³/mol. The molecule has 0 spiro atoms. The molecule has 4 aromatic rings. The van der Waals surface area contributed by atoms with Gasteiger partial charge in [0.15, 0.2) is 0 Å². The van der Waals surface area contributed by atoms with E-state index < -0.39 is 6.16 Å². The molecule has 0 fully saturated rings. The largest absolute Gasteiger partial charge is 0.519 e. The maximum Gasteiger partial charge on any atom is 0.519 e. The third kappa shape index (κ3) is 5.04. The van der Waals surface area contributed by atoms with Crippen molar-refractivity contribution in [2.75, 3.05) is 0 Å². The average Bonchev–Trinajstić information content (AvgIpc) is 2.86. The van der Waals surface area contributed by atoms with Gasteiger partial charge in [0.1, 0.15) is 11.5 Å². The van der Waals surface area contributed by atoms with E-state index in [4.69, 9.17) is 9.47 Å². The molecule has 0 aliphatic heterocycles. The fourth-order valence-corrected chi connectivity index (χ4v) is 4.14. The van der Waals surface area contributed by atoms with Crippen molar-refractivity contribution in [3.63, 3.8) is 0 Å². The lowest BCUT2D eigenvalue weighted by atomic mass is 9.78. The van der Waals surface area contributed by atoms with Gasteiger partial charge in [-0.2, -0.15) is 0 Å². The zero-order valence-corrected chi connectivity index (χ0v) is 20.1. The lowest BCUT2D eigenvalue weighted by Crippen LogP contribution is -2.19. The van der Waals surface area contributed by atoms with Crippen molar-refractivity contribution in [1.29, 1.82) is 0 Å². The molecule has 0 atom stereocenters. The Hall–Kier alpha value is -3.85. The molecule has 3 heteroatoms. The molecule has 0 saturated carbocycles. The zero-order valence-electron chi connectivity index (χ0n) is 20.1. The molecule has 172 valence electrons. The third-order valence-corrected chi connectivity index (χ3v) is 6.55. The summed E-state index contributed by atoms with van der Waals surface area (Å²) in [5.74, 6) is 0.888. The molecule has 0 aliphatic carbocycles. The molecular formula is C31H30O3. The Morgan fingerprint density at radius 1 is 0.471 bits per heavy atom. The SMILES string of the molecule is CC(C)(c1ccccc1)c1ccc(OC(=O)Oc2ccc(C(C)(C)c3ccccc3)cc2)cc1. The molecule has 3 nitrogen and oxygen atoms in total. The van der Waals surface area contributed by atoms with E-state index in [1.807, 2.05) is 60.7 Å². The highest BCUT2D eigenvalue weighted by atomic mass is 16.7. The lowest BCUT2D eigenvalue weighted by molar-refractivity contribution is 0.152. The highest BCUT2D eigenvalue weighted by molar-refractivity contribution is 5.67. The van der Waals surface area contributed by atoms with Crippen LogP contribution in [-0.4, -0.2) is 6.16 Å². The Balaban J connectivity index is 1.39. The van der Waals surface area contributed by atoms with E-state index in [9.17, 15) is 4.79 Å². The zero-order chi connectivity index (χ0) is 24.2. The van der Waals surface area contributed by atoms with Crippen molar-refractivity contribution in [1.82, 2.24) is 0 Å². The summed E-state index contributed by atoms with van der Waals surface area (Å²) in [5, 5.41) is 0. The quantitative estimate of drug-likeness (QED) is 0.221. The highest BCUT2D eigenvalue weighted by Gasteiger charge is 2.24. The maximum absolute atomic E-state index is 12.3. The molecule has 0 saturated heterocycles. The van der Waals surface area contributed by atoms with Gasteiger partial charge in [0, 0.05) is 10.8 Å². The van der Waals surface area contributed by atoms with Crippen LogP contribution in [0.3, 0.4) is 0 Å². The van der Waals surface area contributed by atoms with Gasteiger partial charge in [-0.3, -0.25) is 0 Å². The van der Waals surface area contributed by atoms with Crippen LogP contribution in [0, 0.1) is 0 Å². The molecule has 0 unspecified atom stereocenters. The van der Waals surface area contributed by atoms with Crippen molar-refractivity contribution < 1.29 is 14.3 Å². The Labute approximate surface area is 202 Å². The number of benzene rings is 4. The number of carbonyl (C=O) groups excluding carboxylic acids is 1. The van der Waals surface area contributed by atoms with E-state index >= 15 is 0 Å². The van der Waals surface area contributed by atoms with Crippen LogP contribution in [0.1, 0.15) is 49.9 Å². The summed E-state index contributed by atoms with van der Waals surface area (Å²) in [7, 11) is 0. The van der Waals surface area contributed by atoms with Gasteiger partial charge >= 0.3 is 6.16 Å². The Bertz CT molecular complexity index is 1120. The average molecular weight is 451 g/mol.